The molecule has 0 unspecified atom stereocenters. The number of carbonyl (C=O) groups is 1. The summed E-state index contributed by atoms with van der Waals surface area (Å²) in [5, 5.41) is 2.90. The number of anilines is 1. The average molecular weight is 291 g/mol. The third-order valence-electron chi connectivity index (χ3n) is 3.76. The molecule has 1 fully saturated rings. The van der Waals surface area contributed by atoms with Crippen molar-refractivity contribution in [1.29, 1.82) is 0 Å². The molecule has 2 rings (SSSR count). The molecule has 0 radical (unpaired) electrons. The molecule has 0 saturated carbocycles. The monoisotopic (exact) mass is 291 g/mol. The number of nitrogens with zero attached hydrogens (tertiary/aromatic N) is 1. The molecule has 20 heavy (non-hydrogen) atoms. The smallest absolute Gasteiger partial charge is 0.216 e. The van der Waals surface area contributed by atoms with Crippen molar-refractivity contribution in [2.45, 2.75) is 19.8 Å². The van der Waals surface area contributed by atoms with Crippen LogP contribution in [-0.4, -0.2) is 30.5 Å². The number of para-hydroxylation sites is 1. The van der Waals surface area contributed by atoms with Crippen molar-refractivity contribution in [3.05, 3.63) is 29.8 Å². The van der Waals surface area contributed by atoms with Gasteiger partial charge in [-0.2, -0.15) is 0 Å². The lowest BCUT2D eigenvalue weighted by molar-refractivity contribution is -0.119. The number of nitrogens with two attached hydrogens (primary N) is 1. The van der Waals surface area contributed by atoms with E-state index in [-0.39, 0.29) is 5.91 Å². The molecule has 4 nitrogen and oxygen atoms in total. The summed E-state index contributed by atoms with van der Waals surface area (Å²) >= 11 is 5.12. The summed E-state index contributed by atoms with van der Waals surface area (Å²) < 4.78 is 0. The van der Waals surface area contributed by atoms with Gasteiger partial charge >= 0.3 is 0 Å². The molecule has 0 atom stereocenters. The Kier molecular flexibility index (Phi) is 4.95. The number of thiocarbonyl (C=S) groups is 1. The maximum Gasteiger partial charge on any atom is 0.216 e. The van der Waals surface area contributed by atoms with E-state index in [1.165, 1.54) is 0 Å². The Labute approximate surface area is 125 Å². The van der Waals surface area contributed by atoms with E-state index >= 15 is 0 Å². The first kappa shape index (κ1) is 14.8. The van der Waals surface area contributed by atoms with Crippen molar-refractivity contribution in [3.63, 3.8) is 0 Å². The number of hydrogen-bond acceptors (Lipinski definition) is 3. The van der Waals surface area contributed by atoms with E-state index in [0.29, 0.717) is 10.9 Å². The quantitative estimate of drug-likeness (QED) is 0.829. The molecular formula is C15H21N3OS. The van der Waals surface area contributed by atoms with E-state index in [1.807, 2.05) is 18.2 Å². The second-order valence-electron chi connectivity index (χ2n) is 5.25. The Balaban J connectivity index is 1.97. The van der Waals surface area contributed by atoms with Gasteiger partial charge in [0.1, 0.15) is 4.99 Å². The van der Waals surface area contributed by atoms with E-state index in [1.54, 1.807) is 6.92 Å². The van der Waals surface area contributed by atoms with Gasteiger partial charge in [0.2, 0.25) is 5.91 Å². The van der Waals surface area contributed by atoms with Crippen molar-refractivity contribution in [2.75, 3.05) is 24.5 Å². The van der Waals surface area contributed by atoms with Crippen LogP contribution < -0.4 is 16.0 Å². The van der Waals surface area contributed by atoms with Crippen LogP contribution in [0.25, 0.3) is 0 Å². The molecular weight excluding hydrogens is 270 g/mol. The number of hydrogen-bond donors (Lipinski definition) is 2. The molecule has 1 aromatic carbocycles. The average Bonchev–Trinajstić information content (AvgIpc) is 2.45. The largest absolute Gasteiger partial charge is 0.389 e. The lowest BCUT2D eigenvalue weighted by atomic mass is 9.96. The second-order valence-corrected chi connectivity index (χ2v) is 5.69. The van der Waals surface area contributed by atoms with E-state index in [2.05, 4.69) is 16.3 Å². The molecule has 3 N–H and O–H groups in total. The van der Waals surface area contributed by atoms with Crippen LogP contribution in [0.4, 0.5) is 5.69 Å². The summed E-state index contributed by atoms with van der Waals surface area (Å²) in [7, 11) is 0. The van der Waals surface area contributed by atoms with Crippen molar-refractivity contribution in [3.8, 4) is 0 Å². The highest BCUT2D eigenvalue weighted by Crippen LogP contribution is 2.26. The minimum atomic E-state index is 0.0475. The fraction of sp³-hybridized carbons (Fsp3) is 0.467. The number of carbonyl (C=O) groups excluding carboxylic acids is 1. The number of nitrogens with one attached hydrogen (secondary N) is 1. The van der Waals surface area contributed by atoms with Crippen LogP contribution in [0, 0.1) is 5.92 Å². The number of amides is 1. The zero-order valence-electron chi connectivity index (χ0n) is 11.8. The molecule has 0 bridgehead atoms. The Bertz CT molecular complexity index is 496. The predicted molar refractivity (Wildman–Crippen MR) is 86.0 cm³/mol. The van der Waals surface area contributed by atoms with E-state index in [4.69, 9.17) is 18.0 Å². The molecule has 5 heteroatoms. The fourth-order valence-electron chi connectivity index (χ4n) is 2.62. The molecule has 0 aromatic heterocycles. The predicted octanol–water partition coefficient (Wildman–Crippen LogP) is 1.67. The SMILES string of the molecule is CC(=O)NCC1CCN(c2ccccc2C(N)=S)CC1. The molecule has 108 valence electrons. The molecule has 1 saturated heterocycles. The van der Waals surface area contributed by atoms with Crippen LogP contribution in [-0.2, 0) is 4.79 Å². The van der Waals surface area contributed by atoms with E-state index in [0.717, 1.165) is 43.7 Å². The second kappa shape index (κ2) is 6.70. The highest BCUT2D eigenvalue weighted by Gasteiger charge is 2.21. The van der Waals surface area contributed by atoms with Crippen molar-refractivity contribution < 1.29 is 4.79 Å². The Morgan fingerprint density at radius 1 is 1.40 bits per heavy atom. The maximum absolute atomic E-state index is 10.9. The zero-order valence-corrected chi connectivity index (χ0v) is 12.6. The molecule has 1 aromatic rings. The topological polar surface area (TPSA) is 58.4 Å². The lowest BCUT2D eigenvalue weighted by Crippen LogP contribution is -2.39. The summed E-state index contributed by atoms with van der Waals surface area (Å²) in [6.07, 6.45) is 2.15. The van der Waals surface area contributed by atoms with Gasteiger partial charge in [-0.05, 0) is 30.9 Å². The highest BCUT2D eigenvalue weighted by molar-refractivity contribution is 7.80. The van der Waals surface area contributed by atoms with Crippen LogP contribution in [0.2, 0.25) is 0 Å². The van der Waals surface area contributed by atoms with Crippen molar-refractivity contribution in [1.82, 2.24) is 5.32 Å². The van der Waals surface area contributed by atoms with Crippen LogP contribution >= 0.6 is 12.2 Å². The fourth-order valence-corrected chi connectivity index (χ4v) is 2.80. The molecule has 1 amide bonds. The van der Waals surface area contributed by atoms with Gasteiger partial charge < -0.3 is 16.0 Å². The Hall–Kier alpha value is -1.62. The van der Waals surface area contributed by atoms with Crippen LogP contribution in [0.3, 0.4) is 0 Å². The normalized spacial score (nSPS) is 15.9. The van der Waals surface area contributed by atoms with Crippen LogP contribution in [0.15, 0.2) is 24.3 Å². The van der Waals surface area contributed by atoms with Crippen molar-refractivity contribution >= 4 is 28.8 Å². The summed E-state index contributed by atoms with van der Waals surface area (Å²) in [6, 6.07) is 8.02. The lowest BCUT2D eigenvalue weighted by Gasteiger charge is -2.34. The first-order valence-corrected chi connectivity index (χ1v) is 7.37. The zero-order chi connectivity index (χ0) is 14.5. The van der Waals surface area contributed by atoms with Gasteiger partial charge in [0, 0.05) is 37.8 Å². The van der Waals surface area contributed by atoms with Gasteiger partial charge in [0.15, 0.2) is 0 Å². The summed E-state index contributed by atoms with van der Waals surface area (Å²) in [4.78, 5) is 13.7. The van der Waals surface area contributed by atoms with Gasteiger partial charge in [-0.3, -0.25) is 4.79 Å². The summed E-state index contributed by atoms with van der Waals surface area (Å²) in [6.45, 7) is 4.29. The van der Waals surface area contributed by atoms with Gasteiger partial charge in [0.05, 0.1) is 0 Å². The Morgan fingerprint density at radius 2 is 2.05 bits per heavy atom. The van der Waals surface area contributed by atoms with Crippen LogP contribution in [0.1, 0.15) is 25.3 Å². The van der Waals surface area contributed by atoms with Gasteiger partial charge in [0.25, 0.3) is 0 Å². The third kappa shape index (κ3) is 3.70. The highest BCUT2D eigenvalue weighted by atomic mass is 32.1. The van der Waals surface area contributed by atoms with Crippen molar-refractivity contribution in [2.24, 2.45) is 11.7 Å². The standard InChI is InChI=1S/C15H21N3OS/c1-11(19)17-10-12-6-8-18(9-7-12)14-5-3-2-4-13(14)15(16)20/h2-5,12H,6-10H2,1H3,(H2,16,20)(H,17,19). The minimum absolute atomic E-state index is 0.0475. The maximum atomic E-state index is 10.9. The Morgan fingerprint density at radius 3 is 2.65 bits per heavy atom. The molecule has 1 aliphatic heterocycles. The van der Waals surface area contributed by atoms with Gasteiger partial charge in [-0.1, -0.05) is 24.4 Å². The third-order valence-corrected chi connectivity index (χ3v) is 3.98. The molecule has 0 aliphatic carbocycles. The first-order valence-electron chi connectivity index (χ1n) is 6.96. The summed E-state index contributed by atoms with van der Waals surface area (Å²) in [5.41, 5.74) is 7.86. The number of rotatable bonds is 4. The van der Waals surface area contributed by atoms with Gasteiger partial charge in [-0.15, -0.1) is 0 Å². The van der Waals surface area contributed by atoms with Gasteiger partial charge in [-0.25, -0.2) is 0 Å². The van der Waals surface area contributed by atoms with E-state index in [9.17, 15) is 4.79 Å². The number of benzene rings is 1. The minimum Gasteiger partial charge on any atom is -0.389 e. The van der Waals surface area contributed by atoms with E-state index < -0.39 is 0 Å². The molecule has 1 heterocycles. The summed E-state index contributed by atoms with van der Waals surface area (Å²) in [5.74, 6) is 0.610. The number of piperidine rings is 1. The molecule has 1 aliphatic rings. The van der Waals surface area contributed by atoms with Crippen LogP contribution in [0.5, 0.6) is 0 Å². The first-order chi connectivity index (χ1) is 9.58. The molecule has 0 spiro atoms.